The summed E-state index contributed by atoms with van der Waals surface area (Å²) in [7, 11) is 1.38. The Morgan fingerprint density at radius 2 is 1.52 bits per heavy atom. The quantitative estimate of drug-likeness (QED) is 0.147. The van der Waals surface area contributed by atoms with Gasteiger partial charge in [-0.25, -0.2) is 0 Å². The van der Waals surface area contributed by atoms with Gasteiger partial charge in [-0.1, -0.05) is 96.8 Å². The van der Waals surface area contributed by atoms with Crippen molar-refractivity contribution in [2.45, 2.75) is 141 Å². The van der Waals surface area contributed by atoms with Gasteiger partial charge in [0.05, 0.1) is 39.5 Å². The van der Waals surface area contributed by atoms with Gasteiger partial charge < -0.3 is 24.1 Å². The van der Waals surface area contributed by atoms with E-state index in [0.717, 1.165) is 12.8 Å². The van der Waals surface area contributed by atoms with Crippen molar-refractivity contribution < 1.29 is 28.8 Å². The van der Waals surface area contributed by atoms with Gasteiger partial charge in [-0.05, 0) is 13.3 Å². The van der Waals surface area contributed by atoms with E-state index in [-0.39, 0.29) is 18.5 Å². The van der Waals surface area contributed by atoms with Crippen molar-refractivity contribution in [3.05, 3.63) is 0 Å². The molecule has 1 aliphatic rings. The van der Waals surface area contributed by atoms with E-state index in [1.807, 2.05) is 6.92 Å². The largest absolute Gasteiger partial charge is 0.469 e. The minimum atomic E-state index is -0.769. The van der Waals surface area contributed by atoms with Crippen LogP contribution in [-0.2, 0) is 23.7 Å². The lowest BCUT2D eigenvalue weighted by atomic mass is 10.0. The van der Waals surface area contributed by atoms with Gasteiger partial charge >= 0.3 is 5.97 Å². The molecule has 0 saturated carbocycles. The SMILES string of the molecule is CCCCCCCCCCCCCCCCC(O)COCC1COC(C)(CCC(=O)OC)O1. The zero-order valence-electron chi connectivity index (χ0n) is 21.8. The van der Waals surface area contributed by atoms with E-state index >= 15 is 0 Å². The van der Waals surface area contributed by atoms with E-state index in [9.17, 15) is 9.90 Å². The van der Waals surface area contributed by atoms with Crippen LogP contribution in [0.4, 0.5) is 0 Å². The van der Waals surface area contributed by atoms with Gasteiger partial charge in [-0.3, -0.25) is 4.79 Å². The van der Waals surface area contributed by atoms with Crippen LogP contribution < -0.4 is 0 Å². The second-order valence-corrected chi connectivity index (χ2v) is 9.84. The third-order valence-electron chi connectivity index (χ3n) is 6.51. The normalized spacial score (nSPS) is 21.4. The molecule has 0 bridgehead atoms. The highest BCUT2D eigenvalue weighted by Gasteiger charge is 2.37. The van der Waals surface area contributed by atoms with Gasteiger partial charge in [0.1, 0.15) is 6.10 Å². The highest BCUT2D eigenvalue weighted by Crippen LogP contribution is 2.28. The molecule has 0 aromatic rings. The number of carbonyl (C=O) groups excluding carboxylic acids is 1. The predicted octanol–water partition coefficient (Wildman–Crippen LogP) is 6.32. The van der Waals surface area contributed by atoms with Crippen LogP contribution in [0.1, 0.15) is 123 Å². The van der Waals surface area contributed by atoms with Gasteiger partial charge in [0.15, 0.2) is 5.79 Å². The summed E-state index contributed by atoms with van der Waals surface area (Å²) in [6.45, 7) is 5.27. The Labute approximate surface area is 203 Å². The van der Waals surface area contributed by atoms with E-state index in [1.54, 1.807) is 0 Å². The monoisotopic (exact) mass is 472 g/mol. The molecule has 1 heterocycles. The lowest BCUT2D eigenvalue weighted by Crippen LogP contribution is -2.29. The maximum Gasteiger partial charge on any atom is 0.305 e. The first-order valence-corrected chi connectivity index (χ1v) is 13.6. The van der Waals surface area contributed by atoms with Gasteiger partial charge in [0.2, 0.25) is 0 Å². The molecule has 0 spiro atoms. The first-order valence-electron chi connectivity index (χ1n) is 13.6. The number of esters is 1. The van der Waals surface area contributed by atoms with E-state index in [2.05, 4.69) is 11.7 Å². The van der Waals surface area contributed by atoms with E-state index in [4.69, 9.17) is 14.2 Å². The minimum Gasteiger partial charge on any atom is -0.469 e. The molecule has 1 fully saturated rings. The second kappa shape index (κ2) is 19.6. The molecule has 6 nitrogen and oxygen atoms in total. The summed E-state index contributed by atoms with van der Waals surface area (Å²) in [6.07, 6.45) is 19.7. The number of unbranched alkanes of at least 4 members (excludes halogenated alkanes) is 13. The van der Waals surface area contributed by atoms with Crippen LogP contribution in [0.15, 0.2) is 0 Å². The predicted molar refractivity (Wildman–Crippen MR) is 132 cm³/mol. The highest BCUT2D eigenvalue weighted by molar-refractivity contribution is 5.69. The lowest BCUT2D eigenvalue weighted by molar-refractivity contribution is -0.171. The molecule has 1 aliphatic heterocycles. The van der Waals surface area contributed by atoms with Crippen molar-refractivity contribution in [3.63, 3.8) is 0 Å². The molecule has 1 saturated heterocycles. The van der Waals surface area contributed by atoms with Crippen LogP contribution in [0.5, 0.6) is 0 Å². The number of carbonyl (C=O) groups is 1. The van der Waals surface area contributed by atoms with Crippen molar-refractivity contribution in [2.75, 3.05) is 26.9 Å². The van der Waals surface area contributed by atoms with Crippen molar-refractivity contribution in [1.82, 2.24) is 0 Å². The molecule has 1 N–H and O–H groups in total. The molecular weight excluding hydrogens is 420 g/mol. The molecular formula is C27H52O6. The Morgan fingerprint density at radius 3 is 2.06 bits per heavy atom. The Hall–Kier alpha value is -0.690. The fraction of sp³-hybridized carbons (Fsp3) is 0.963. The summed E-state index contributed by atoms with van der Waals surface area (Å²) in [4.78, 5) is 11.3. The Bertz CT molecular complexity index is 472. The fourth-order valence-electron chi connectivity index (χ4n) is 4.33. The van der Waals surface area contributed by atoms with Crippen molar-refractivity contribution in [1.29, 1.82) is 0 Å². The second-order valence-electron chi connectivity index (χ2n) is 9.84. The summed E-state index contributed by atoms with van der Waals surface area (Å²) in [5.41, 5.74) is 0. The third kappa shape index (κ3) is 16.6. The van der Waals surface area contributed by atoms with Crippen LogP contribution >= 0.6 is 0 Å². The number of ether oxygens (including phenoxy) is 4. The third-order valence-corrected chi connectivity index (χ3v) is 6.51. The summed E-state index contributed by atoms with van der Waals surface area (Å²) in [6, 6.07) is 0. The molecule has 0 aliphatic carbocycles. The van der Waals surface area contributed by atoms with Crippen molar-refractivity contribution >= 4 is 5.97 Å². The Kier molecular flexibility index (Phi) is 18.0. The van der Waals surface area contributed by atoms with Crippen molar-refractivity contribution in [3.8, 4) is 0 Å². The molecule has 0 aromatic carbocycles. The maximum absolute atomic E-state index is 11.3. The summed E-state index contributed by atoms with van der Waals surface area (Å²) in [5, 5.41) is 10.1. The van der Waals surface area contributed by atoms with Gasteiger partial charge in [0, 0.05) is 6.42 Å². The number of aliphatic hydroxyl groups excluding tert-OH is 1. The van der Waals surface area contributed by atoms with Gasteiger partial charge in [-0.2, -0.15) is 0 Å². The van der Waals surface area contributed by atoms with Crippen LogP contribution in [0, 0.1) is 0 Å². The first-order chi connectivity index (χ1) is 16.0. The highest BCUT2D eigenvalue weighted by atomic mass is 16.7. The van der Waals surface area contributed by atoms with E-state index in [0.29, 0.717) is 26.2 Å². The van der Waals surface area contributed by atoms with Crippen molar-refractivity contribution in [2.24, 2.45) is 0 Å². The molecule has 0 radical (unpaired) electrons. The average molecular weight is 473 g/mol. The minimum absolute atomic E-state index is 0.166. The first kappa shape index (κ1) is 30.3. The summed E-state index contributed by atoms with van der Waals surface area (Å²) >= 11 is 0. The van der Waals surface area contributed by atoms with E-state index < -0.39 is 11.9 Å². The van der Waals surface area contributed by atoms with Crippen LogP contribution in [0.3, 0.4) is 0 Å². The van der Waals surface area contributed by atoms with Gasteiger partial charge in [-0.15, -0.1) is 0 Å². The molecule has 6 heteroatoms. The fourth-order valence-corrected chi connectivity index (χ4v) is 4.33. The molecule has 33 heavy (non-hydrogen) atoms. The molecule has 196 valence electrons. The standard InChI is InChI=1S/C27H52O6/c1-4-5-6-7-8-9-10-11-12-13-14-15-16-17-18-24(28)21-31-22-25-23-32-27(2,33-25)20-19-26(29)30-3/h24-25,28H,4-23H2,1-3H3. The Balaban J connectivity index is 1.87. The maximum atomic E-state index is 11.3. The van der Waals surface area contributed by atoms with Gasteiger partial charge in [0.25, 0.3) is 0 Å². The topological polar surface area (TPSA) is 74.2 Å². The number of aliphatic hydroxyl groups is 1. The molecule has 1 rings (SSSR count). The van der Waals surface area contributed by atoms with Crippen LogP contribution in [0.25, 0.3) is 0 Å². The molecule has 0 aromatic heterocycles. The zero-order valence-corrected chi connectivity index (χ0v) is 21.8. The number of hydrogen-bond donors (Lipinski definition) is 1. The number of methoxy groups -OCH3 is 1. The molecule has 0 amide bonds. The molecule has 3 atom stereocenters. The summed E-state index contributed by atoms with van der Waals surface area (Å²) < 4.78 is 21.9. The smallest absolute Gasteiger partial charge is 0.305 e. The average Bonchev–Trinajstić information content (AvgIpc) is 3.18. The lowest BCUT2D eigenvalue weighted by Gasteiger charge is -2.22. The summed E-state index contributed by atoms with van der Waals surface area (Å²) in [5.74, 6) is -1.04. The number of rotatable bonds is 22. The zero-order chi connectivity index (χ0) is 24.2. The van der Waals surface area contributed by atoms with Crippen LogP contribution in [-0.4, -0.2) is 56.0 Å². The van der Waals surface area contributed by atoms with Crippen LogP contribution in [0.2, 0.25) is 0 Å². The van der Waals surface area contributed by atoms with E-state index in [1.165, 1.54) is 90.6 Å². The Morgan fingerprint density at radius 1 is 0.970 bits per heavy atom. The number of hydrogen-bond acceptors (Lipinski definition) is 6. The molecule has 3 unspecified atom stereocenters.